The van der Waals surface area contributed by atoms with Crippen LogP contribution < -0.4 is 0 Å². The molecule has 1 aliphatic heterocycles. The maximum absolute atomic E-state index is 13.7. The predicted octanol–water partition coefficient (Wildman–Crippen LogP) is 4.51. The molecular weight excluding hydrogens is 426 g/mol. The third-order valence-electron chi connectivity index (χ3n) is 7.38. The Hall–Kier alpha value is -3.15. The quantitative estimate of drug-likeness (QED) is 0.524. The molecule has 9 heteroatoms. The van der Waals surface area contributed by atoms with Gasteiger partial charge >= 0.3 is 0 Å². The molecule has 33 heavy (non-hydrogen) atoms. The number of carbonyl (C=O) groups excluding carboxylic acids is 1. The first-order chi connectivity index (χ1) is 15.9. The first-order valence-electron chi connectivity index (χ1n) is 11.5. The fourth-order valence-electron chi connectivity index (χ4n) is 5.97. The van der Waals surface area contributed by atoms with E-state index in [2.05, 4.69) is 15.2 Å². The highest BCUT2D eigenvalue weighted by Gasteiger charge is 2.71. The Bertz CT molecular complexity index is 1100. The predicted molar refractivity (Wildman–Crippen MR) is 116 cm³/mol. The summed E-state index contributed by atoms with van der Waals surface area (Å²) in [5.74, 6) is -1.07. The van der Waals surface area contributed by atoms with E-state index < -0.39 is 17.7 Å². The molecule has 1 atom stereocenters. The summed E-state index contributed by atoms with van der Waals surface area (Å²) in [5, 5.41) is 18.5. The highest BCUT2D eigenvalue weighted by atomic mass is 19.1. The van der Waals surface area contributed by atoms with Crippen molar-refractivity contribution >= 4 is 12.1 Å². The molecule has 0 radical (unpaired) electrons. The Labute approximate surface area is 191 Å². The minimum absolute atomic E-state index is 0.00244. The average molecular weight is 453 g/mol. The number of nitrogens with zero attached hydrogens (tertiary/aromatic N) is 6. The van der Waals surface area contributed by atoms with Gasteiger partial charge in [-0.2, -0.15) is 10.4 Å². The van der Waals surface area contributed by atoms with Crippen LogP contribution in [0.2, 0.25) is 0 Å². The van der Waals surface area contributed by atoms with Crippen molar-refractivity contribution in [1.29, 1.82) is 5.26 Å². The second-order valence-electron chi connectivity index (χ2n) is 9.82. The number of hydrogen-bond donors (Lipinski definition) is 0. The maximum Gasteiger partial charge on any atom is 0.252 e. The van der Waals surface area contributed by atoms with Gasteiger partial charge in [0.05, 0.1) is 11.5 Å². The molecule has 1 unspecified atom stereocenters. The van der Waals surface area contributed by atoms with Gasteiger partial charge in [0.2, 0.25) is 5.91 Å². The average Bonchev–Trinajstić information content (AvgIpc) is 3.39. The zero-order valence-electron chi connectivity index (χ0n) is 18.4. The lowest BCUT2D eigenvalue weighted by Gasteiger charge is -2.70. The van der Waals surface area contributed by atoms with Gasteiger partial charge in [-0.1, -0.05) is 19.3 Å². The molecule has 7 nitrogen and oxygen atoms in total. The lowest BCUT2D eigenvalue weighted by Crippen LogP contribution is -2.67. The summed E-state index contributed by atoms with van der Waals surface area (Å²) in [6.45, 7) is 0.768. The molecule has 3 fully saturated rings. The van der Waals surface area contributed by atoms with Gasteiger partial charge in [0.15, 0.2) is 0 Å². The van der Waals surface area contributed by atoms with Gasteiger partial charge in [-0.15, -0.1) is 5.10 Å². The fraction of sp³-hybridized carbons (Fsp3) is 0.542. The number of benzene rings is 1. The van der Waals surface area contributed by atoms with Gasteiger partial charge in [-0.25, -0.2) is 18.8 Å². The molecule has 6 rings (SSSR count). The minimum atomic E-state index is -0.637. The van der Waals surface area contributed by atoms with Crippen LogP contribution in [0.1, 0.15) is 75.2 Å². The van der Waals surface area contributed by atoms with E-state index in [1.807, 2.05) is 6.07 Å². The molecule has 0 spiro atoms. The molecule has 1 aromatic carbocycles. The zero-order valence-corrected chi connectivity index (χ0v) is 18.4. The van der Waals surface area contributed by atoms with Crippen molar-refractivity contribution < 1.29 is 13.6 Å². The largest absolute Gasteiger partial charge is 0.272 e. The van der Waals surface area contributed by atoms with Crippen LogP contribution in [0.4, 0.5) is 8.78 Å². The van der Waals surface area contributed by atoms with Gasteiger partial charge in [0, 0.05) is 25.2 Å². The van der Waals surface area contributed by atoms with Crippen LogP contribution in [-0.4, -0.2) is 31.9 Å². The van der Waals surface area contributed by atoms with Gasteiger partial charge in [0.1, 0.15) is 24.0 Å². The number of amides is 1. The number of aryl methyl sites for hydroxylation is 1. The Morgan fingerprint density at radius 3 is 2.55 bits per heavy atom. The van der Waals surface area contributed by atoms with E-state index in [1.54, 1.807) is 17.2 Å². The molecule has 4 aliphatic rings. The molecule has 3 aliphatic carbocycles. The van der Waals surface area contributed by atoms with Gasteiger partial charge in [-0.05, 0) is 55.2 Å². The van der Waals surface area contributed by atoms with E-state index in [0.29, 0.717) is 12.0 Å². The Kier molecular flexibility index (Phi) is 5.47. The van der Waals surface area contributed by atoms with Crippen molar-refractivity contribution in [2.45, 2.75) is 70.4 Å². The molecule has 1 amide bonds. The SMILES string of the molecule is N#Cc1ncn(CCCCCCC23CC(C(=O)N4N=CCC4c4cc(F)cc(F)c4)(C2)C3)n1. The van der Waals surface area contributed by atoms with Crippen molar-refractivity contribution in [1.82, 2.24) is 19.8 Å². The van der Waals surface area contributed by atoms with Crippen LogP contribution in [-0.2, 0) is 11.3 Å². The van der Waals surface area contributed by atoms with E-state index in [4.69, 9.17) is 5.26 Å². The first-order valence-corrected chi connectivity index (χ1v) is 11.5. The summed E-state index contributed by atoms with van der Waals surface area (Å²) < 4.78 is 29.1. The molecule has 172 valence electrons. The second-order valence-corrected chi connectivity index (χ2v) is 9.82. The van der Waals surface area contributed by atoms with Crippen molar-refractivity contribution in [3.63, 3.8) is 0 Å². The number of carbonyl (C=O) groups is 1. The van der Waals surface area contributed by atoms with Crippen LogP contribution in [0.3, 0.4) is 0 Å². The van der Waals surface area contributed by atoms with Crippen molar-refractivity contribution in [3.8, 4) is 6.07 Å². The maximum atomic E-state index is 13.7. The standard InChI is InChI=1S/C24H26F2N6O/c25-18-9-17(10-19(26)11-18)20-5-7-29-32(20)22(33)24-13-23(14-24,15-24)6-3-1-2-4-8-31-16-28-21(12-27)30-31/h7,9-11,16,20H,1-6,8,13-15H2. The highest BCUT2D eigenvalue weighted by molar-refractivity contribution is 5.88. The zero-order chi connectivity index (χ0) is 23.1. The number of nitriles is 1. The van der Waals surface area contributed by atoms with E-state index >= 15 is 0 Å². The normalized spacial score (nSPS) is 27.2. The molecule has 0 saturated heterocycles. The Morgan fingerprint density at radius 1 is 1.12 bits per heavy atom. The van der Waals surface area contributed by atoms with Crippen LogP contribution >= 0.6 is 0 Å². The molecule has 0 N–H and O–H groups in total. The number of rotatable bonds is 9. The Balaban J connectivity index is 1.06. The van der Waals surface area contributed by atoms with E-state index in [1.165, 1.54) is 17.1 Å². The van der Waals surface area contributed by atoms with Crippen LogP contribution in [0.5, 0.6) is 0 Å². The lowest BCUT2D eigenvalue weighted by atomic mass is 9.33. The molecule has 3 saturated carbocycles. The van der Waals surface area contributed by atoms with Crippen LogP contribution in [0.15, 0.2) is 29.6 Å². The minimum Gasteiger partial charge on any atom is -0.272 e. The number of hydrogen-bond acceptors (Lipinski definition) is 5. The number of hydrazone groups is 1. The van der Waals surface area contributed by atoms with Gasteiger partial charge in [0.25, 0.3) is 5.82 Å². The summed E-state index contributed by atoms with van der Waals surface area (Å²) >= 11 is 0. The second kappa shape index (κ2) is 8.32. The molecule has 2 aromatic rings. The van der Waals surface area contributed by atoms with Gasteiger partial charge < -0.3 is 0 Å². The third-order valence-corrected chi connectivity index (χ3v) is 7.38. The smallest absolute Gasteiger partial charge is 0.252 e. The lowest BCUT2D eigenvalue weighted by molar-refractivity contribution is -0.220. The van der Waals surface area contributed by atoms with Crippen molar-refractivity contribution in [2.75, 3.05) is 0 Å². The van der Waals surface area contributed by atoms with Crippen LogP contribution in [0.25, 0.3) is 0 Å². The van der Waals surface area contributed by atoms with Crippen molar-refractivity contribution in [3.05, 3.63) is 47.5 Å². The Morgan fingerprint density at radius 2 is 1.85 bits per heavy atom. The van der Waals surface area contributed by atoms with E-state index in [9.17, 15) is 13.6 Å². The number of aromatic nitrogens is 3. The number of halogens is 2. The van der Waals surface area contributed by atoms with E-state index in [0.717, 1.165) is 64.0 Å². The number of unbranched alkanes of at least 4 members (excludes halogenated alkanes) is 3. The topological polar surface area (TPSA) is 87.2 Å². The van der Waals surface area contributed by atoms with Gasteiger partial charge in [-0.3, -0.25) is 9.48 Å². The molecule has 2 bridgehead atoms. The summed E-state index contributed by atoms with van der Waals surface area (Å²) in [7, 11) is 0. The van der Waals surface area contributed by atoms with Crippen LogP contribution in [0, 0.1) is 33.8 Å². The molecule has 2 heterocycles. The fourth-order valence-corrected chi connectivity index (χ4v) is 5.97. The summed E-state index contributed by atoms with van der Waals surface area (Å²) in [5.41, 5.74) is 0.402. The molecule has 1 aromatic heterocycles. The first kappa shape index (κ1) is 21.7. The van der Waals surface area contributed by atoms with Crippen molar-refractivity contribution in [2.24, 2.45) is 15.9 Å². The third kappa shape index (κ3) is 4.03. The highest BCUT2D eigenvalue weighted by Crippen LogP contribution is 2.76. The summed E-state index contributed by atoms with van der Waals surface area (Å²) in [6.07, 6.45) is 11.9. The summed E-state index contributed by atoms with van der Waals surface area (Å²) in [4.78, 5) is 17.2. The van der Waals surface area contributed by atoms with E-state index in [-0.39, 0.29) is 22.6 Å². The monoisotopic (exact) mass is 452 g/mol. The summed E-state index contributed by atoms with van der Waals surface area (Å²) in [6, 6.07) is 4.92. The molecular formula is C24H26F2N6O.